The highest BCUT2D eigenvalue weighted by Gasteiger charge is 2.28. The van der Waals surface area contributed by atoms with Gasteiger partial charge in [0.05, 0.1) is 10.6 Å². The van der Waals surface area contributed by atoms with Gasteiger partial charge in [-0.15, -0.1) is 0 Å². The van der Waals surface area contributed by atoms with E-state index in [0.717, 1.165) is 25.8 Å². The molecule has 21 heavy (non-hydrogen) atoms. The van der Waals surface area contributed by atoms with Gasteiger partial charge in [0.15, 0.2) is 0 Å². The van der Waals surface area contributed by atoms with Crippen LogP contribution in [0.3, 0.4) is 0 Å². The lowest BCUT2D eigenvalue weighted by atomic mass is 10.1. The zero-order valence-electron chi connectivity index (χ0n) is 12.8. The van der Waals surface area contributed by atoms with Gasteiger partial charge in [0.25, 0.3) is 5.91 Å². The summed E-state index contributed by atoms with van der Waals surface area (Å²) in [5.41, 5.74) is 0.410. The van der Waals surface area contributed by atoms with Crippen molar-refractivity contribution >= 4 is 17.5 Å². The van der Waals surface area contributed by atoms with Crippen molar-refractivity contribution in [1.29, 1.82) is 0 Å². The summed E-state index contributed by atoms with van der Waals surface area (Å²) < 4.78 is 0. The Hall–Kier alpha value is -1.22. The van der Waals surface area contributed by atoms with Crippen LogP contribution in [0.2, 0.25) is 5.02 Å². The molecule has 1 aromatic carbocycles. The molecular weight excluding hydrogens is 286 g/mol. The molecule has 0 unspecified atom stereocenters. The van der Waals surface area contributed by atoms with Crippen molar-refractivity contribution in [2.45, 2.75) is 52.0 Å². The van der Waals surface area contributed by atoms with Gasteiger partial charge in [-0.2, -0.15) is 0 Å². The predicted octanol–water partition coefficient (Wildman–Crippen LogP) is 4.48. The van der Waals surface area contributed by atoms with E-state index in [9.17, 15) is 9.90 Å². The summed E-state index contributed by atoms with van der Waals surface area (Å²) in [5, 5.41) is 10.0. The summed E-state index contributed by atoms with van der Waals surface area (Å²) in [6, 6.07) is 4.88. The predicted molar refractivity (Wildman–Crippen MR) is 85.9 cm³/mol. The first kappa shape index (κ1) is 16.2. The molecule has 1 aliphatic rings. The number of carbonyl (C=O) groups is 1. The SMILES string of the molecule is CC(C)CCN(C(=O)c1cc(O)ccc1Cl)C1CCCC1. The van der Waals surface area contributed by atoms with Gasteiger partial charge in [0, 0.05) is 12.6 Å². The molecule has 1 aromatic rings. The second kappa shape index (κ2) is 7.17. The van der Waals surface area contributed by atoms with E-state index in [1.807, 2.05) is 4.90 Å². The highest BCUT2D eigenvalue weighted by atomic mass is 35.5. The summed E-state index contributed by atoms with van der Waals surface area (Å²) in [5.74, 6) is 0.586. The number of rotatable bonds is 5. The van der Waals surface area contributed by atoms with Gasteiger partial charge in [0.1, 0.15) is 5.75 Å². The fraction of sp³-hybridized carbons (Fsp3) is 0.588. The van der Waals surface area contributed by atoms with E-state index >= 15 is 0 Å². The lowest BCUT2D eigenvalue weighted by Crippen LogP contribution is -2.40. The Morgan fingerprint density at radius 3 is 2.67 bits per heavy atom. The van der Waals surface area contributed by atoms with Gasteiger partial charge in [-0.05, 0) is 43.4 Å². The molecule has 3 nitrogen and oxygen atoms in total. The van der Waals surface area contributed by atoms with E-state index in [0.29, 0.717) is 22.5 Å². The molecule has 1 N–H and O–H groups in total. The smallest absolute Gasteiger partial charge is 0.255 e. The number of aromatic hydroxyl groups is 1. The maximum Gasteiger partial charge on any atom is 0.255 e. The number of nitrogens with zero attached hydrogens (tertiary/aromatic N) is 1. The molecule has 1 aliphatic carbocycles. The minimum absolute atomic E-state index is 0.0524. The first-order valence-corrected chi connectivity index (χ1v) is 8.16. The monoisotopic (exact) mass is 309 g/mol. The van der Waals surface area contributed by atoms with Crippen LogP contribution in [0.1, 0.15) is 56.3 Å². The Labute approximate surface area is 131 Å². The van der Waals surface area contributed by atoms with E-state index in [-0.39, 0.29) is 11.7 Å². The maximum absolute atomic E-state index is 12.8. The van der Waals surface area contributed by atoms with Crippen molar-refractivity contribution in [3.63, 3.8) is 0 Å². The van der Waals surface area contributed by atoms with E-state index < -0.39 is 0 Å². The normalized spacial score (nSPS) is 15.6. The average Bonchev–Trinajstić information content (AvgIpc) is 2.95. The molecule has 0 aliphatic heterocycles. The van der Waals surface area contributed by atoms with E-state index in [4.69, 9.17) is 11.6 Å². The second-order valence-corrected chi connectivity index (χ2v) is 6.69. The fourth-order valence-corrected chi connectivity index (χ4v) is 3.09. The number of phenols is 1. The standard InChI is InChI=1S/C17H24ClNO2/c1-12(2)9-10-19(13-5-3-4-6-13)17(21)15-11-14(20)7-8-16(15)18/h7-8,11-13,20H,3-6,9-10H2,1-2H3. The summed E-state index contributed by atoms with van der Waals surface area (Å²) in [6.45, 7) is 5.09. The molecule has 1 saturated carbocycles. The molecule has 0 heterocycles. The Morgan fingerprint density at radius 1 is 1.38 bits per heavy atom. The highest BCUT2D eigenvalue weighted by molar-refractivity contribution is 6.33. The number of benzene rings is 1. The van der Waals surface area contributed by atoms with Crippen LogP contribution in [0, 0.1) is 5.92 Å². The van der Waals surface area contributed by atoms with Crippen LogP contribution in [0.25, 0.3) is 0 Å². The molecule has 0 aromatic heterocycles. The Bertz CT molecular complexity index is 496. The van der Waals surface area contributed by atoms with E-state index in [1.54, 1.807) is 6.07 Å². The van der Waals surface area contributed by atoms with Gasteiger partial charge >= 0.3 is 0 Å². The zero-order valence-corrected chi connectivity index (χ0v) is 13.6. The van der Waals surface area contributed by atoms with Crippen molar-refractivity contribution in [3.8, 4) is 5.75 Å². The molecule has 116 valence electrons. The topological polar surface area (TPSA) is 40.5 Å². The number of amides is 1. The molecule has 0 atom stereocenters. The largest absolute Gasteiger partial charge is 0.508 e. The summed E-state index contributed by atoms with van der Waals surface area (Å²) in [6.07, 6.45) is 5.49. The summed E-state index contributed by atoms with van der Waals surface area (Å²) >= 11 is 6.15. The molecule has 1 fully saturated rings. The highest BCUT2D eigenvalue weighted by Crippen LogP contribution is 2.28. The van der Waals surface area contributed by atoms with Gasteiger partial charge in [-0.1, -0.05) is 38.3 Å². The average molecular weight is 310 g/mol. The first-order valence-electron chi connectivity index (χ1n) is 7.78. The Kier molecular flexibility index (Phi) is 5.51. The second-order valence-electron chi connectivity index (χ2n) is 6.28. The molecular formula is C17H24ClNO2. The molecule has 0 bridgehead atoms. The third-order valence-corrected chi connectivity index (χ3v) is 4.48. The van der Waals surface area contributed by atoms with Crippen molar-refractivity contribution in [3.05, 3.63) is 28.8 Å². The van der Waals surface area contributed by atoms with Gasteiger partial charge < -0.3 is 10.0 Å². The molecule has 4 heteroatoms. The summed E-state index contributed by atoms with van der Waals surface area (Å²) in [7, 11) is 0. The quantitative estimate of drug-likeness (QED) is 0.871. The number of halogens is 1. The molecule has 2 rings (SSSR count). The minimum Gasteiger partial charge on any atom is -0.508 e. The number of carbonyl (C=O) groups excluding carboxylic acids is 1. The summed E-state index contributed by atoms with van der Waals surface area (Å²) in [4.78, 5) is 14.8. The van der Waals surface area contributed by atoms with Crippen LogP contribution in [-0.4, -0.2) is 28.5 Å². The molecule has 1 amide bonds. The van der Waals surface area contributed by atoms with E-state index in [2.05, 4.69) is 13.8 Å². The van der Waals surface area contributed by atoms with Gasteiger partial charge in [-0.3, -0.25) is 4.79 Å². The van der Waals surface area contributed by atoms with Crippen molar-refractivity contribution in [2.24, 2.45) is 5.92 Å². The number of hydrogen-bond acceptors (Lipinski definition) is 2. The van der Waals surface area contributed by atoms with Crippen LogP contribution in [-0.2, 0) is 0 Å². The van der Waals surface area contributed by atoms with Gasteiger partial charge in [0.2, 0.25) is 0 Å². The van der Waals surface area contributed by atoms with Crippen molar-refractivity contribution < 1.29 is 9.90 Å². The van der Waals surface area contributed by atoms with Gasteiger partial charge in [-0.25, -0.2) is 0 Å². The van der Waals surface area contributed by atoms with Crippen LogP contribution < -0.4 is 0 Å². The van der Waals surface area contributed by atoms with Crippen LogP contribution in [0.15, 0.2) is 18.2 Å². The molecule has 0 spiro atoms. The van der Waals surface area contributed by atoms with Crippen molar-refractivity contribution in [1.82, 2.24) is 4.90 Å². The molecule has 0 saturated heterocycles. The third-order valence-electron chi connectivity index (χ3n) is 4.15. The van der Waals surface area contributed by atoms with Crippen LogP contribution in [0.5, 0.6) is 5.75 Å². The van der Waals surface area contributed by atoms with E-state index in [1.165, 1.54) is 25.0 Å². The fourth-order valence-electron chi connectivity index (χ4n) is 2.90. The Balaban J connectivity index is 2.21. The van der Waals surface area contributed by atoms with Crippen molar-refractivity contribution in [2.75, 3.05) is 6.54 Å². The zero-order chi connectivity index (χ0) is 15.4. The number of phenolic OH excluding ortho intramolecular Hbond substituents is 1. The third kappa shape index (κ3) is 4.13. The number of hydrogen-bond donors (Lipinski definition) is 1. The van der Waals surface area contributed by atoms with Crippen LogP contribution in [0.4, 0.5) is 0 Å². The molecule has 0 radical (unpaired) electrons. The lowest BCUT2D eigenvalue weighted by Gasteiger charge is -2.30. The first-order chi connectivity index (χ1) is 9.99. The maximum atomic E-state index is 12.8. The minimum atomic E-state index is -0.0524. The van der Waals surface area contributed by atoms with Crippen LogP contribution >= 0.6 is 11.6 Å². The Morgan fingerprint density at radius 2 is 2.05 bits per heavy atom. The lowest BCUT2D eigenvalue weighted by molar-refractivity contribution is 0.0671.